The molecule has 2 rings (SSSR count). The molecule has 2 aromatic rings. The molecule has 0 saturated heterocycles. The molecule has 18 heavy (non-hydrogen) atoms. The molecule has 0 spiro atoms. The SMILES string of the molecule is CNc1ncc(C)c(NCC(O)c2ccsc2)n1. The predicted octanol–water partition coefficient (Wildman–Crippen LogP) is 2.03. The number of anilines is 2. The Morgan fingerprint density at radius 2 is 2.33 bits per heavy atom. The second-order valence-corrected chi connectivity index (χ2v) is 4.71. The van der Waals surface area contributed by atoms with Crippen molar-refractivity contribution in [2.75, 3.05) is 24.2 Å². The van der Waals surface area contributed by atoms with Crippen LogP contribution in [0.4, 0.5) is 11.8 Å². The van der Waals surface area contributed by atoms with E-state index < -0.39 is 6.10 Å². The average molecular weight is 264 g/mol. The van der Waals surface area contributed by atoms with Crippen LogP contribution in [0.1, 0.15) is 17.2 Å². The normalized spacial score (nSPS) is 12.2. The van der Waals surface area contributed by atoms with Crippen LogP contribution < -0.4 is 10.6 Å². The molecule has 0 fully saturated rings. The zero-order chi connectivity index (χ0) is 13.0. The van der Waals surface area contributed by atoms with Gasteiger partial charge in [-0.3, -0.25) is 0 Å². The van der Waals surface area contributed by atoms with Crippen molar-refractivity contribution < 1.29 is 5.11 Å². The summed E-state index contributed by atoms with van der Waals surface area (Å²) >= 11 is 1.58. The van der Waals surface area contributed by atoms with Gasteiger partial charge in [0.05, 0.1) is 6.10 Å². The first kappa shape index (κ1) is 12.8. The highest BCUT2D eigenvalue weighted by atomic mass is 32.1. The lowest BCUT2D eigenvalue weighted by atomic mass is 10.2. The minimum absolute atomic E-state index is 0.428. The number of rotatable bonds is 5. The largest absolute Gasteiger partial charge is 0.387 e. The highest BCUT2D eigenvalue weighted by Gasteiger charge is 2.09. The fraction of sp³-hybridized carbons (Fsp3) is 0.333. The molecule has 0 radical (unpaired) electrons. The highest BCUT2D eigenvalue weighted by molar-refractivity contribution is 7.07. The van der Waals surface area contributed by atoms with Crippen LogP contribution in [-0.4, -0.2) is 28.7 Å². The lowest BCUT2D eigenvalue weighted by Crippen LogP contribution is -2.14. The Morgan fingerprint density at radius 1 is 1.50 bits per heavy atom. The van der Waals surface area contributed by atoms with E-state index in [0.29, 0.717) is 12.5 Å². The molecular formula is C12H16N4OS. The Balaban J connectivity index is 2.01. The van der Waals surface area contributed by atoms with Crippen molar-refractivity contribution in [2.24, 2.45) is 0 Å². The van der Waals surface area contributed by atoms with Gasteiger partial charge in [0.25, 0.3) is 0 Å². The summed E-state index contributed by atoms with van der Waals surface area (Å²) in [6.07, 6.45) is 1.22. The van der Waals surface area contributed by atoms with Crippen molar-refractivity contribution in [1.82, 2.24) is 9.97 Å². The molecule has 5 nitrogen and oxygen atoms in total. The summed E-state index contributed by atoms with van der Waals surface area (Å²) in [5.74, 6) is 1.30. The van der Waals surface area contributed by atoms with Crippen molar-refractivity contribution in [1.29, 1.82) is 0 Å². The molecule has 96 valence electrons. The molecule has 2 aromatic heterocycles. The number of hydrogen-bond acceptors (Lipinski definition) is 6. The number of thiophene rings is 1. The summed E-state index contributed by atoms with van der Waals surface area (Å²) in [4.78, 5) is 8.41. The van der Waals surface area contributed by atoms with E-state index >= 15 is 0 Å². The maximum atomic E-state index is 9.97. The fourth-order valence-electron chi connectivity index (χ4n) is 1.52. The smallest absolute Gasteiger partial charge is 0.224 e. The Hall–Kier alpha value is -1.66. The Morgan fingerprint density at radius 3 is 3.00 bits per heavy atom. The molecular weight excluding hydrogens is 248 g/mol. The standard InChI is InChI=1S/C12H16N4OS/c1-8-5-15-12(13-2)16-11(8)14-6-10(17)9-3-4-18-7-9/h3-5,7,10,17H,6H2,1-2H3,(H2,13,14,15,16). The van der Waals surface area contributed by atoms with Gasteiger partial charge >= 0.3 is 0 Å². The van der Waals surface area contributed by atoms with Gasteiger partial charge in [-0.25, -0.2) is 4.98 Å². The molecule has 2 heterocycles. The topological polar surface area (TPSA) is 70.1 Å². The summed E-state index contributed by atoms with van der Waals surface area (Å²) in [5.41, 5.74) is 1.87. The van der Waals surface area contributed by atoms with Crippen LogP contribution in [0.3, 0.4) is 0 Å². The lowest BCUT2D eigenvalue weighted by molar-refractivity contribution is 0.192. The fourth-order valence-corrected chi connectivity index (χ4v) is 2.22. The quantitative estimate of drug-likeness (QED) is 0.771. The summed E-state index contributed by atoms with van der Waals surface area (Å²) < 4.78 is 0. The predicted molar refractivity (Wildman–Crippen MR) is 74.1 cm³/mol. The minimum Gasteiger partial charge on any atom is -0.387 e. The van der Waals surface area contributed by atoms with Crippen LogP contribution in [-0.2, 0) is 0 Å². The van der Waals surface area contributed by atoms with Crippen LogP contribution >= 0.6 is 11.3 Å². The number of hydrogen-bond donors (Lipinski definition) is 3. The van der Waals surface area contributed by atoms with Gasteiger partial charge in [-0.2, -0.15) is 16.3 Å². The Bertz CT molecular complexity index is 501. The summed E-state index contributed by atoms with van der Waals surface area (Å²) in [6, 6.07) is 1.92. The molecule has 0 aromatic carbocycles. The van der Waals surface area contributed by atoms with E-state index in [1.807, 2.05) is 23.8 Å². The summed E-state index contributed by atoms with van der Waals surface area (Å²) in [5, 5.41) is 19.9. The molecule has 0 saturated carbocycles. The van der Waals surface area contributed by atoms with Gasteiger partial charge in [0, 0.05) is 25.4 Å². The number of nitrogens with zero attached hydrogens (tertiary/aromatic N) is 2. The molecule has 0 amide bonds. The molecule has 1 unspecified atom stereocenters. The zero-order valence-electron chi connectivity index (χ0n) is 10.3. The van der Waals surface area contributed by atoms with Gasteiger partial charge < -0.3 is 15.7 Å². The van der Waals surface area contributed by atoms with E-state index in [-0.39, 0.29) is 0 Å². The third-order valence-electron chi connectivity index (χ3n) is 2.59. The second-order valence-electron chi connectivity index (χ2n) is 3.93. The van der Waals surface area contributed by atoms with Gasteiger partial charge in [0.15, 0.2) is 0 Å². The third kappa shape index (κ3) is 2.96. The molecule has 0 bridgehead atoms. The number of aromatic nitrogens is 2. The minimum atomic E-state index is -0.524. The third-order valence-corrected chi connectivity index (χ3v) is 3.29. The lowest BCUT2D eigenvalue weighted by Gasteiger charge is -2.13. The van der Waals surface area contributed by atoms with Crippen LogP contribution in [0, 0.1) is 6.92 Å². The second kappa shape index (κ2) is 5.79. The van der Waals surface area contributed by atoms with E-state index in [2.05, 4.69) is 20.6 Å². The zero-order valence-corrected chi connectivity index (χ0v) is 11.2. The first-order valence-corrected chi connectivity index (χ1v) is 6.60. The van der Waals surface area contributed by atoms with Crippen LogP contribution in [0.15, 0.2) is 23.0 Å². The van der Waals surface area contributed by atoms with Gasteiger partial charge in [-0.15, -0.1) is 0 Å². The van der Waals surface area contributed by atoms with Crippen molar-refractivity contribution >= 4 is 23.1 Å². The molecule has 0 aliphatic heterocycles. The van der Waals surface area contributed by atoms with Gasteiger partial charge in [0.1, 0.15) is 5.82 Å². The van der Waals surface area contributed by atoms with Crippen molar-refractivity contribution in [3.05, 3.63) is 34.2 Å². The highest BCUT2D eigenvalue weighted by Crippen LogP contribution is 2.18. The Labute approximate surface area is 110 Å². The number of nitrogens with one attached hydrogen (secondary N) is 2. The number of aliphatic hydroxyl groups is 1. The molecule has 3 N–H and O–H groups in total. The van der Waals surface area contributed by atoms with E-state index in [9.17, 15) is 5.11 Å². The molecule has 0 aliphatic carbocycles. The molecule has 6 heteroatoms. The van der Waals surface area contributed by atoms with Crippen molar-refractivity contribution in [3.63, 3.8) is 0 Å². The van der Waals surface area contributed by atoms with Crippen LogP contribution in [0.25, 0.3) is 0 Å². The van der Waals surface area contributed by atoms with E-state index in [4.69, 9.17) is 0 Å². The van der Waals surface area contributed by atoms with Gasteiger partial charge in [0.2, 0.25) is 5.95 Å². The monoisotopic (exact) mass is 264 g/mol. The van der Waals surface area contributed by atoms with Gasteiger partial charge in [-0.05, 0) is 29.3 Å². The van der Waals surface area contributed by atoms with Crippen molar-refractivity contribution in [3.8, 4) is 0 Å². The summed E-state index contributed by atoms with van der Waals surface area (Å²) in [7, 11) is 1.77. The average Bonchev–Trinajstić information content (AvgIpc) is 2.91. The first-order valence-electron chi connectivity index (χ1n) is 5.66. The van der Waals surface area contributed by atoms with E-state index in [1.165, 1.54) is 0 Å². The van der Waals surface area contributed by atoms with Gasteiger partial charge in [-0.1, -0.05) is 0 Å². The summed E-state index contributed by atoms with van der Waals surface area (Å²) in [6.45, 7) is 2.36. The van der Waals surface area contributed by atoms with E-state index in [0.717, 1.165) is 16.9 Å². The van der Waals surface area contributed by atoms with Crippen LogP contribution in [0.2, 0.25) is 0 Å². The maximum Gasteiger partial charge on any atom is 0.224 e. The Kier molecular flexibility index (Phi) is 4.11. The van der Waals surface area contributed by atoms with E-state index in [1.54, 1.807) is 24.6 Å². The number of aryl methyl sites for hydroxylation is 1. The number of aliphatic hydroxyl groups excluding tert-OH is 1. The first-order chi connectivity index (χ1) is 8.70. The molecule has 0 aliphatic rings. The van der Waals surface area contributed by atoms with Crippen molar-refractivity contribution in [2.45, 2.75) is 13.0 Å². The maximum absolute atomic E-state index is 9.97. The molecule has 1 atom stereocenters. The van der Waals surface area contributed by atoms with Crippen LogP contribution in [0.5, 0.6) is 0 Å².